The summed E-state index contributed by atoms with van der Waals surface area (Å²) in [6, 6.07) is 1.22. The van der Waals surface area contributed by atoms with Crippen molar-refractivity contribution in [2.45, 2.75) is 6.04 Å². The number of allylic oxidation sites excluding steroid dienone is 1. The van der Waals surface area contributed by atoms with Crippen LogP contribution in [0.25, 0.3) is 0 Å². The molecule has 2 heteroatoms. The lowest BCUT2D eigenvalue weighted by molar-refractivity contribution is 1.76. The van der Waals surface area contributed by atoms with Gasteiger partial charge in [0.25, 0.3) is 0 Å². The molecule has 0 bridgehead atoms. The Kier molecular flexibility index (Phi) is 15.9. The highest BCUT2D eigenvalue weighted by atomic mass is 35.5. The zero-order valence-corrected chi connectivity index (χ0v) is 6.22. The maximum atomic E-state index is 3.51. The molecule has 0 aromatic heterocycles. The van der Waals surface area contributed by atoms with E-state index in [0.29, 0.717) is 0 Å². The molecule has 0 aliphatic rings. The van der Waals surface area contributed by atoms with E-state index in [2.05, 4.69) is 6.58 Å². The lowest BCUT2D eigenvalue weighted by Crippen LogP contribution is -1.47. The fourth-order valence-corrected chi connectivity index (χ4v) is 0. The van der Waals surface area contributed by atoms with Crippen LogP contribution in [0, 0.1) is 0 Å². The van der Waals surface area contributed by atoms with E-state index in [4.69, 9.17) is 0 Å². The lowest BCUT2D eigenvalue weighted by atomic mass is 10.8. The summed E-state index contributed by atoms with van der Waals surface area (Å²) < 4.78 is 0. The molecule has 0 amide bonds. The van der Waals surface area contributed by atoms with Crippen LogP contribution in [-0.4, -0.2) is 10.2 Å². The van der Waals surface area contributed by atoms with Gasteiger partial charge in [-0.25, -0.2) is 0 Å². The highest BCUT2D eigenvalue weighted by molar-refractivity contribution is 6.09. The Labute approximate surface area is 42.1 Å². The van der Waals surface area contributed by atoms with Crippen LogP contribution in [0.1, 0.15) is 0 Å². The Bertz CT molecular complexity index is 20.9. The van der Waals surface area contributed by atoms with E-state index in [9.17, 15) is 0 Å². The third kappa shape index (κ3) is 13.8. The summed E-state index contributed by atoms with van der Waals surface area (Å²) in [6.07, 6.45) is 1.94. The van der Waals surface area contributed by atoms with Crippen LogP contribution in [0.15, 0.2) is 12.7 Å². The van der Waals surface area contributed by atoms with Gasteiger partial charge in [-0.1, -0.05) is 6.08 Å². The normalized spacial score (nSPS) is 5.60. The summed E-state index contributed by atoms with van der Waals surface area (Å²) in [6.45, 7) is 3.51. The molecule has 0 radical (unpaired) electrons. The van der Waals surface area contributed by atoms with Gasteiger partial charge >= 0.3 is 0 Å². The topological polar surface area (TPSA) is 0 Å². The summed E-state index contributed by atoms with van der Waals surface area (Å²) in [5.74, 6) is 0. The van der Waals surface area contributed by atoms with Gasteiger partial charge in [0.2, 0.25) is 0 Å². The fourth-order valence-electron chi connectivity index (χ4n) is 0. The zero-order valence-electron chi connectivity index (χ0n) is 3.40. The van der Waals surface area contributed by atoms with Gasteiger partial charge in [-0.15, -0.1) is 19.0 Å². The molecular weight excluding hydrogens is 99.6 g/mol. The second-order valence-corrected chi connectivity index (χ2v) is 1.51. The first kappa shape index (κ1) is 8.98. The SMILES string of the molecule is C=CC[SiH3].Cl. The first-order valence-electron chi connectivity index (χ1n) is 1.52. The van der Waals surface area contributed by atoms with Crippen molar-refractivity contribution in [3.05, 3.63) is 12.7 Å². The third-order valence-electron chi connectivity index (χ3n) is 0.289. The number of hydrogen-bond acceptors (Lipinski definition) is 0. The maximum Gasteiger partial charge on any atom is 0.00753 e. The average Bonchev–Trinajstić information content (AvgIpc) is 1.37. The van der Waals surface area contributed by atoms with Crippen molar-refractivity contribution in [1.82, 2.24) is 0 Å². The van der Waals surface area contributed by atoms with Gasteiger partial charge in [-0.2, -0.15) is 0 Å². The summed E-state index contributed by atoms with van der Waals surface area (Å²) in [5, 5.41) is 0. The van der Waals surface area contributed by atoms with Crippen LogP contribution in [0.5, 0.6) is 0 Å². The van der Waals surface area contributed by atoms with Crippen molar-refractivity contribution in [2.75, 3.05) is 0 Å². The molecule has 0 atom stereocenters. The Balaban J connectivity index is 0. The van der Waals surface area contributed by atoms with Gasteiger partial charge < -0.3 is 0 Å². The highest BCUT2D eigenvalue weighted by Gasteiger charge is 1.46. The third-order valence-corrected chi connectivity index (χ3v) is 0.866. The van der Waals surface area contributed by atoms with Crippen molar-refractivity contribution in [1.29, 1.82) is 0 Å². The van der Waals surface area contributed by atoms with E-state index in [1.807, 2.05) is 6.08 Å². The molecule has 0 aromatic carbocycles. The Hall–Kier alpha value is 0.247. The number of halogens is 1. The molecule has 0 spiro atoms. The molecule has 0 rings (SSSR count). The minimum atomic E-state index is 0. The lowest BCUT2D eigenvalue weighted by Gasteiger charge is -1.57. The van der Waals surface area contributed by atoms with Gasteiger partial charge in [0.05, 0.1) is 0 Å². The van der Waals surface area contributed by atoms with Gasteiger partial charge in [0.15, 0.2) is 0 Å². The Morgan fingerprint density at radius 3 is 2.00 bits per heavy atom. The predicted octanol–water partition coefficient (Wildman–Crippen LogP) is 0.378. The molecule has 5 heavy (non-hydrogen) atoms. The second-order valence-electron chi connectivity index (χ2n) is 0.697. The molecule has 0 unspecified atom stereocenters. The largest absolute Gasteiger partial charge is 0.147 e. The monoisotopic (exact) mass is 108 g/mol. The van der Waals surface area contributed by atoms with Crippen LogP contribution >= 0.6 is 12.4 Å². The predicted molar refractivity (Wildman–Crippen MR) is 32.2 cm³/mol. The van der Waals surface area contributed by atoms with Crippen molar-refractivity contribution in [3.63, 3.8) is 0 Å². The molecule has 0 N–H and O–H groups in total. The molecule has 0 heterocycles. The van der Waals surface area contributed by atoms with E-state index < -0.39 is 0 Å². The molecule has 0 saturated heterocycles. The van der Waals surface area contributed by atoms with Crippen LogP contribution in [0.4, 0.5) is 0 Å². The van der Waals surface area contributed by atoms with E-state index >= 15 is 0 Å². The van der Waals surface area contributed by atoms with Crippen molar-refractivity contribution >= 4 is 22.6 Å². The molecule has 0 fully saturated rings. The van der Waals surface area contributed by atoms with E-state index in [1.54, 1.807) is 0 Å². The van der Waals surface area contributed by atoms with Crippen molar-refractivity contribution < 1.29 is 0 Å². The first-order valence-corrected chi connectivity index (χ1v) is 2.94. The molecule has 0 saturated carbocycles. The second kappa shape index (κ2) is 8.87. The highest BCUT2D eigenvalue weighted by Crippen LogP contribution is 1.61. The van der Waals surface area contributed by atoms with Gasteiger partial charge in [-0.05, 0) is 6.04 Å². The minimum absolute atomic E-state index is 0. The summed E-state index contributed by atoms with van der Waals surface area (Å²) in [5.41, 5.74) is 0. The number of rotatable bonds is 1. The van der Waals surface area contributed by atoms with Crippen LogP contribution in [0.2, 0.25) is 6.04 Å². The van der Waals surface area contributed by atoms with E-state index in [1.165, 1.54) is 16.3 Å². The Morgan fingerprint density at radius 2 is 2.00 bits per heavy atom. The van der Waals surface area contributed by atoms with Crippen LogP contribution < -0.4 is 0 Å². The molecule has 0 aliphatic carbocycles. The maximum absolute atomic E-state index is 3.51. The number of hydrogen-bond donors (Lipinski definition) is 0. The zero-order chi connectivity index (χ0) is 3.41. The summed E-state index contributed by atoms with van der Waals surface area (Å²) in [4.78, 5) is 0. The minimum Gasteiger partial charge on any atom is -0.147 e. The average molecular weight is 109 g/mol. The smallest absolute Gasteiger partial charge is 0.00753 e. The van der Waals surface area contributed by atoms with Crippen LogP contribution in [-0.2, 0) is 0 Å². The van der Waals surface area contributed by atoms with Gasteiger partial charge in [0, 0.05) is 10.2 Å². The Morgan fingerprint density at radius 1 is 1.80 bits per heavy atom. The van der Waals surface area contributed by atoms with Crippen LogP contribution in [0.3, 0.4) is 0 Å². The van der Waals surface area contributed by atoms with E-state index in [-0.39, 0.29) is 12.4 Å². The fraction of sp³-hybridized carbons (Fsp3) is 0.333. The quantitative estimate of drug-likeness (QED) is 0.337. The molecule has 0 aliphatic heterocycles. The first-order chi connectivity index (χ1) is 1.91. The molecule has 0 aromatic rings. The van der Waals surface area contributed by atoms with Crippen molar-refractivity contribution in [2.24, 2.45) is 0 Å². The molecule has 0 nitrogen and oxygen atoms in total. The molecule has 32 valence electrons. The van der Waals surface area contributed by atoms with Gasteiger partial charge in [0.1, 0.15) is 0 Å². The molecular formula is C3H9ClSi. The standard InChI is InChI=1S/C3H8Si.ClH/c1-2-3-4;/h2H,1,3H2,4H3;1H. The summed E-state index contributed by atoms with van der Waals surface area (Å²) >= 11 is 0. The van der Waals surface area contributed by atoms with Gasteiger partial charge in [-0.3, -0.25) is 0 Å². The van der Waals surface area contributed by atoms with E-state index in [0.717, 1.165) is 0 Å². The van der Waals surface area contributed by atoms with Crippen molar-refractivity contribution in [3.8, 4) is 0 Å². The summed E-state index contributed by atoms with van der Waals surface area (Å²) in [7, 11) is 1.27.